The molecule has 3 amide bonds. The summed E-state index contributed by atoms with van der Waals surface area (Å²) in [6.45, 7) is 14.8. The Bertz CT molecular complexity index is 1400. The lowest BCUT2D eigenvalue weighted by atomic mass is 9.66. The van der Waals surface area contributed by atoms with Gasteiger partial charge in [-0.15, -0.1) is 24.9 Å². The van der Waals surface area contributed by atoms with Crippen LogP contribution in [-0.4, -0.2) is 80.5 Å². The Morgan fingerprint density at radius 1 is 1.09 bits per heavy atom. The zero-order valence-corrected chi connectivity index (χ0v) is 26.7. The number of aliphatic hydroxyl groups is 1. The number of hydrogen-bond donors (Lipinski definition) is 1. The molecule has 0 radical (unpaired) electrons. The van der Waals surface area contributed by atoms with E-state index in [0.29, 0.717) is 44.0 Å². The van der Waals surface area contributed by atoms with E-state index >= 15 is 0 Å². The van der Waals surface area contributed by atoms with Crippen molar-refractivity contribution < 1.29 is 24.2 Å². The van der Waals surface area contributed by atoms with Gasteiger partial charge in [-0.2, -0.15) is 0 Å². The monoisotopic (exact) mass is 617 g/mol. The minimum absolute atomic E-state index is 0.152. The van der Waals surface area contributed by atoms with Crippen LogP contribution in [0.2, 0.25) is 0 Å². The molecule has 44 heavy (non-hydrogen) atoms. The van der Waals surface area contributed by atoms with Gasteiger partial charge in [0.15, 0.2) is 0 Å². The third-order valence-electron chi connectivity index (χ3n) is 9.37. The van der Waals surface area contributed by atoms with Gasteiger partial charge in [-0.3, -0.25) is 14.4 Å². The van der Waals surface area contributed by atoms with Crippen LogP contribution in [0.3, 0.4) is 0 Å². The molecule has 3 saturated heterocycles. The molecule has 3 heterocycles. The largest absolute Gasteiger partial charge is 0.494 e. The quantitative estimate of drug-likeness (QED) is 0.329. The summed E-state index contributed by atoms with van der Waals surface area (Å²) in [5.41, 5.74) is 1.67. The van der Waals surface area contributed by atoms with Crippen LogP contribution >= 0.6 is 11.8 Å². The molecule has 0 aromatic heterocycles. The maximum Gasteiger partial charge on any atom is 0.247 e. The summed E-state index contributed by atoms with van der Waals surface area (Å²) in [5, 5.41) is 10.3. The standard InChI is InChI=1S/C35H43N3O5S/c1-6-20-36(22-25-12-10-9-11-13-25)33(42)30-35-19-18-34(5,44-35)28(29(35)32(41)38(30)24(4)23-39)31(40)37(21-7-2)26-14-16-27(17-15-26)43-8-3/h6-7,9-17,24,28-30,39H,1-2,8,18-23H2,3-5H3/t24-,28-,29+,30?,34+,35?/m1/s1. The number of aliphatic hydroxyl groups excluding tert-OH is 1. The van der Waals surface area contributed by atoms with Gasteiger partial charge in [-0.05, 0) is 63.4 Å². The van der Waals surface area contributed by atoms with E-state index in [-0.39, 0.29) is 30.9 Å². The Kier molecular flexibility index (Phi) is 9.28. The Morgan fingerprint density at radius 2 is 1.77 bits per heavy atom. The van der Waals surface area contributed by atoms with Crippen molar-refractivity contribution in [3.8, 4) is 5.75 Å². The molecule has 0 aliphatic carbocycles. The lowest BCUT2D eigenvalue weighted by molar-refractivity contribution is -0.145. The van der Waals surface area contributed by atoms with E-state index in [1.165, 1.54) is 0 Å². The normalized spacial score (nSPS) is 27.5. The van der Waals surface area contributed by atoms with E-state index in [1.807, 2.05) is 61.5 Å². The molecule has 8 nitrogen and oxygen atoms in total. The maximum atomic E-state index is 14.6. The molecule has 234 valence electrons. The van der Waals surface area contributed by atoms with Gasteiger partial charge in [-0.1, -0.05) is 42.5 Å². The molecular formula is C35H43N3O5S. The van der Waals surface area contributed by atoms with Crippen LogP contribution in [0, 0.1) is 11.8 Å². The van der Waals surface area contributed by atoms with Gasteiger partial charge >= 0.3 is 0 Å². The summed E-state index contributed by atoms with van der Waals surface area (Å²) < 4.78 is 4.28. The van der Waals surface area contributed by atoms with Crippen molar-refractivity contribution in [2.24, 2.45) is 11.8 Å². The third kappa shape index (κ3) is 5.34. The number of benzene rings is 2. The van der Waals surface area contributed by atoms with Crippen molar-refractivity contribution in [1.82, 2.24) is 9.80 Å². The summed E-state index contributed by atoms with van der Waals surface area (Å²) in [5.74, 6) is -1.19. The Balaban J connectivity index is 1.54. The van der Waals surface area contributed by atoms with Gasteiger partial charge in [0.1, 0.15) is 11.8 Å². The molecule has 0 saturated carbocycles. The number of likely N-dealkylation sites (tertiary alicyclic amines) is 1. The smallest absolute Gasteiger partial charge is 0.247 e. The minimum Gasteiger partial charge on any atom is -0.494 e. The van der Waals surface area contributed by atoms with Crippen molar-refractivity contribution >= 4 is 35.2 Å². The second-order valence-electron chi connectivity index (χ2n) is 12.2. The maximum absolute atomic E-state index is 14.6. The molecule has 9 heteroatoms. The van der Waals surface area contributed by atoms with Crippen LogP contribution in [0.15, 0.2) is 79.9 Å². The lowest BCUT2D eigenvalue weighted by Gasteiger charge is -2.39. The fraction of sp³-hybridized carbons (Fsp3) is 0.457. The highest BCUT2D eigenvalue weighted by atomic mass is 32.2. The average molecular weight is 618 g/mol. The molecule has 1 spiro atoms. The van der Waals surface area contributed by atoms with Gasteiger partial charge in [0, 0.05) is 30.1 Å². The van der Waals surface area contributed by atoms with Crippen LogP contribution < -0.4 is 9.64 Å². The number of fused-ring (bicyclic) bond motifs is 1. The number of thioether (sulfide) groups is 1. The molecule has 2 unspecified atom stereocenters. The second-order valence-corrected chi connectivity index (χ2v) is 14.1. The predicted octanol–water partition coefficient (Wildman–Crippen LogP) is 4.68. The highest BCUT2D eigenvalue weighted by molar-refractivity contribution is 8.02. The first kappa shape index (κ1) is 31.9. The van der Waals surface area contributed by atoms with E-state index in [1.54, 1.807) is 45.5 Å². The van der Waals surface area contributed by atoms with Gasteiger partial charge in [-0.25, -0.2) is 0 Å². The number of anilines is 1. The van der Waals surface area contributed by atoms with E-state index in [2.05, 4.69) is 20.1 Å². The molecular weight excluding hydrogens is 574 g/mol. The number of rotatable bonds is 13. The summed E-state index contributed by atoms with van der Waals surface area (Å²) in [6, 6.07) is 15.7. The SMILES string of the molecule is C=CCN(Cc1ccccc1)C(=O)C1N([C@H](C)CO)C(=O)[C@@H]2[C@H](C(=O)N(CC=C)c3ccc(OCC)cc3)[C@]3(C)CCC12S3. The predicted molar refractivity (Wildman–Crippen MR) is 174 cm³/mol. The summed E-state index contributed by atoms with van der Waals surface area (Å²) in [6.07, 6.45) is 4.72. The first-order valence-electron chi connectivity index (χ1n) is 15.4. The summed E-state index contributed by atoms with van der Waals surface area (Å²) in [4.78, 5) is 48.8. The van der Waals surface area contributed by atoms with Gasteiger partial charge in [0.2, 0.25) is 17.7 Å². The number of amides is 3. The highest BCUT2D eigenvalue weighted by Crippen LogP contribution is 2.72. The van der Waals surface area contributed by atoms with E-state index in [9.17, 15) is 19.5 Å². The average Bonchev–Trinajstić information content (AvgIpc) is 3.60. The van der Waals surface area contributed by atoms with Gasteiger partial charge in [0.05, 0.1) is 35.8 Å². The van der Waals surface area contributed by atoms with Crippen LogP contribution in [0.1, 0.15) is 39.2 Å². The molecule has 3 aliphatic rings. The minimum atomic E-state index is -0.811. The van der Waals surface area contributed by atoms with Crippen molar-refractivity contribution in [2.45, 2.75) is 61.7 Å². The summed E-state index contributed by atoms with van der Waals surface area (Å²) >= 11 is 1.63. The molecule has 2 aromatic carbocycles. The zero-order chi connectivity index (χ0) is 31.6. The number of nitrogens with zero attached hydrogens (tertiary/aromatic N) is 3. The third-order valence-corrected chi connectivity index (χ3v) is 11.4. The lowest BCUT2D eigenvalue weighted by Crippen LogP contribution is -2.56. The topological polar surface area (TPSA) is 90.4 Å². The van der Waals surface area contributed by atoms with Crippen molar-refractivity contribution in [1.29, 1.82) is 0 Å². The van der Waals surface area contributed by atoms with E-state index < -0.39 is 33.4 Å². The molecule has 2 aromatic rings. The molecule has 3 aliphatic heterocycles. The molecule has 2 bridgehead atoms. The van der Waals surface area contributed by atoms with Crippen molar-refractivity contribution in [3.63, 3.8) is 0 Å². The Hall–Kier alpha value is -3.56. The number of hydrogen-bond acceptors (Lipinski definition) is 6. The first-order chi connectivity index (χ1) is 21.2. The first-order valence-corrected chi connectivity index (χ1v) is 16.2. The number of carbonyl (C=O) groups is 3. The van der Waals surface area contributed by atoms with E-state index in [4.69, 9.17) is 4.74 Å². The van der Waals surface area contributed by atoms with Gasteiger partial charge in [0.25, 0.3) is 0 Å². The van der Waals surface area contributed by atoms with Crippen LogP contribution in [0.4, 0.5) is 5.69 Å². The highest BCUT2D eigenvalue weighted by Gasteiger charge is 2.78. The molecule has 6 atom stereocenters. The second kappa shape index (κ2) is 12.8. The fourth-order valence-electron chi connectivity index (χ4n) is 7.45. The zero-order valence-electron chi connectivity index (χ0n) is 25.9. The van der Waals surface area contributed by atoms with E-state index in [0.717, 1.165) is 5.56 Å². The number of carbonyl (C=O) groups excluding carboxylic acids is 3. The van der Waals surface area contributed by atoms with Crippen molar-refractivity contribution in [2.75, 3.05) is 31.2 Å². The van der Waals surface area contributed by atoms with Crippen molar-refractivity contribution in [3.05, 3.63) is 85.5 Å². The molecule has 1 N–H and O–H groups in total. The number of ether oxygens (including phenoxy) is 1. The van der Waals surface area contributed by atoms with Crippen LogP contribution in [0.25, 0.3) is 0 Å². The molecule has 5 rings (SSSR count). The Labute approximate surface area is 264 Å². The van der Waals surface area contributed by atoms with Gasteiger partial charge < -0.3 is 24.5 Å². The summed E-state index contributed by atoms with van der Waals surface area (Å²) in [7, 11) is 0. The fourth-order valence-corrected chi connectivity index (χ4v) is 9.79. The molecule has 3 fully saturated rings. The van der Waals surface area contributed by atoms with Crippen LogP contribution in [-0.2, 0) is 20.9 Å². The van der Waals surface area contributed by atoms with Crippen LogP contribution in [0.5, 0.6) is 5.75 Å². The Morgan fingerprint density at radius 3 is 2.39 bits per heavy atom.